The first-order valence-corrected chi connectivity index (χ1v) is 11.5. The molecule has 4 rings (SSSR count). The van der Waals surface area contributed by atoms with Crippen molar-refractivity contribution in [3.8, 4) is 0 Å². The Kier molecular flexibility index (Phi) is 6.30. The highest BCUT2D eigenvalue weighted by atomic mass is 32.2. The number of nitro benzene ring substituents is 1. The lowest BCUT2D eigenvalue weighted by Gasteiger charge is -2.37. The van der Waals surface area contributed by atoms with Crippen molar-refractivity contribution >= 4 is 35.3 Å². The molecule has 2 aliphatic heterocycles. The number of aryl methyl sites for hydroxylation is 1. The molecule has 34 heavy (non-hydrogen) atoms. The summed E-state index contributed by atoms with van der Waals surface area (Å²) in [7, 11) is 0. The van der Waals surface area contributed by atoms with Gasteiger partial charge in [-0.3, -0.25) is 14.9 Å². The Morgan fingerprint density at radius 2 is 2.00 bits per heavy atom. The minimum atomic E-state index is -0.902. The fourth-order valence-corrected chi connectivity index (χ4v) is 5.91. The van der Waals surface area contributed by atoms with Gasteiger partial charge in [0.15, 0.2) is 5.69 Å². The van der Waals surface area contributed by atoms with Gasteiger partial charge in [-0.05, 0) is 38.5 Å². The Labute approximate surface area is 198 Å². The van der Waals surface area contributed by atoms with Gasteiger partial charge in [0.05, 0.1) is 40.3 Å². The van der Waals surface area contributed by atoms with E-state index < -0.39 is 27.7 Å². The fraction of sp³-hybridized carbons (Fsp3) is 0.476. The number of nitro groups is 1. The molecule has 12 nitrogen and oxygen atoms in total. The maximum absolute atomic E-state index is 13.2. The second-order valence-electron chi connectivity index (χ2n) is 8.23. The summed E-state index contributed by atoms with van der Waals surface area (Å²) in [5, 5.41) is 18.7. The summed E-state index contributed by atoms with van der Waals surface area (Å²) in [5.41, 5.74) is 1.11. The molecule has 3 atom stereocenters. The standard InChI is InChI=1S/C21H23N5O7S/c1-4-32-19(28)17-12(2)22-23-24(17)11-21(3)18(25-15(27)9-16(25)34-21)20(29)33-10-13-5-7-14(8-6-13)26(30)31/h5-8,16,18H,4,9-11H2,1-3H3/t16-,18+,21+/m1/s1. The Balaban J connectivity index is 1.54. The molecule has 3 heterocycles. The van der Waals surface area contributed by atoms with Gasteiger partial charge in [-0.2, -0.15) is 0 Å². The first-order valence-electron chi connectivity index (χ1n) is 10.6. The topological polar surface area (TPSA) is 147 Å². The smallest absolute Gasteiger partial charge is 0.358 e. The van der Waals surface area contributed by atoms with Crippen LogP contribution in [0.15, 0.2) is 24.3 Å². The molecule has 180 valence electrons. The van der Waals surface area contributed by atoms with E-state index in [0.29, 0.717) is 17.7 Å². The van der Waals surface area contributed by atoms with Crippen LogP contribution < -0.4 is 0 Å². The number of amides is 1. The van der Waals surface area contributed by atoms with Gasteiger partial charge >= 0.3 is 11.9 Å². The largest absolute Gasteiger partial charge is 0.461 e. The molecule has 0 unspecified atom stereocenters. The summed E-state index contributed by atoms with van der Waals surface area (Å²) in [6.07, 6.45) is 0.313. The van der Waals surface area contributed by atoms with Crippen molar-refractivity contribution in [1.82, 2.24) is 19.9 Å². The summed E-state index contributed by atoms with van der Waals surface area (Å²) < 4.78 is 11.2. The minimum Gasteiger partial charge on any atom is -0.461 e. The molecular weight excluding hydrogens is 466 g/mol. The van der Waals surface area contributed by atoms with Crippen LogP contribution in [-0.2, 0) is 32.2 Å². The molecule has 0 aliphatic carbocycles. The number of non-ortho nitro benzene ring substituents is 1. The summed E-state index contributed by atoms with van der Waals surface area (Å²) in [6, 6.07) is 4.78. The van der Waals surface area contributed by atoms with Crippen LogP contribution in [0.2, 0.25) is 0 Å². The minimum absolute atomic E-state index is 0.0654. The third-order valence-electron chi connectivity index (χ3n) is 5.80. The fourth-order valence-electron chi connectivity index (χ4n) is 4.17. The van der Waals surface area contributed by atoms with Crippen molar-refractivity contribution in [2.75, 3.05) is 6.61 Å². The molecule has 0 saturated carbocycles. The molecular formula is C21H23N5O7S. The molecule has 2 saturated heterocycles. The zero-order chi connectivity index (χ0) is 24.6. The number of nitrogens with zero attached hydrogens (tertiary/aromatic N) is 5. The molecule has 0 radical (unpaired) electrons. The van der Waals surface area contributed by atoms with E-state index in [1.165, 1.54) is 45.6 Å². The number of fused-ring (bicyclic) bond motifs is 1. The Morgan fingerprint density at radius 1 is 1.29 bits per heavy atom. The number of aromatic nitrogens is 3. The highest BCUT2D eigenvalue weighted by Crippen LogP contribution is 2.52. The zero-order valence-electron chi connectivity index (χ0n) is 18.8. The lowest BCUT2D eigenvalue weighted by Crippen LogP contribution is -2.58. The average molecular weight is 490 g/mol. The maximum atomic E-state index is 13.2. The number of carbonyl (C=O) groups is 3. The highest BCUT2D eigenvalue weighted by molar-refractivity contribution is 8.01. The predicted octanol–water partition coefficient (Wildman–Crippen LogP) is 1.85. The van der Waals surface area contributed by atoms with Crippen molar-refractivity contribution in [2.45, 2.75) is 56.5 Å². The van der Waals surface area contributed by atoms with Gasteiger partial charge in [-0.25, -0.2) is 14.3 Å². The summed E-state index contributed by atoms with van der Waals surface area (Å²) in [6.45, 7) is 5.39. The second kappa shape index (κ2) is 9.05. The van der Waals surface area contributed by atoms with Crippen LogP contribution in [0.1, 0.15) is 42.0 Å². The summed E-state index contributed by atoms with van der Waals surface area (Å²) in [4.78, 5) is 49.8. The molecule has 0 N–H and O–H groups in total. The van der Waals surface area contributed by atoms with E-state index in [0.717, 1.165) is 0 Å². The van der Waals surface area contributed by atoms with Crippen molar-refractivity contribution < 1.29 is 28.8 Å². The van der Waals surface area contributed by atoms with Gasteiger partial charge in [-0.15, -0.1) is 16.9 Å². The summed E-state index contributed by atoms with van der Waals surface area (Å²) >= 11 is 1.46. The number of esters is 2. The Morgan fingerprint density at radius 3 is 2.62 bits per heavy atom. The molecule has 2 aliphatic rings. The third kappa shape index (κ3) is 4.22. The zero-order valence-corrected chi connectivity index (χ0v) is 19.6. The monoisotopic (exact) mass is 489 g/mol. The lowest BCUT2D eigenvalue weighted by molar-refractivity contribution is -0.384. The van der Waals surface area contributed by atoms with Gasteiger partial charge in [-0.1, -0.05) is 5.21 Å². The first-order chi connectivity index (χ1) is 16.1. The number of hydrogen-bond acceptors (Lipinski definition) is 10. The van der Waals surface area contributed by atoms with E-state index >= 15 is 0 Å². The summed E-state index contributed by atoms with van der Waals surface area (Å²) in [5.74, 6) is -1.31. The van der Waals surface area contributed by atoms with Gasteiger partial charge in [0, 0.05) is 12.1 Å². The van der Waals surface area contributed by atoms with E-state index in [2.05, 4.69) is 10.3 Å². The van der Waals surface area contributed by atoms with Crippen molar-refractivity contribution in [3.63, 3.8) is 0 Å². The number of benzene rings is 1. The quantitative estimate of drug-likeness (QED) is 0.233. The van der Waals surface area contributed by atoms with Crippen molar-refractivity contribution in [1.29, 1.82) is 0 Å². The maximum Gasteiger partial charge on any atom is 0.358 e. The third-order valence-corrected chi connectivity index (χ3v) is 7.35. The lowest BCUT2D eigenvalue weighted by atomic mass is 9.96. The molecule has 2 aromatic rings. The Hall–Kier alpha value is -3.48. The number of hydrogen-bond donors (Lipinski definition) is 0. The van der Waals surface area contributed by atoms with Crippen LogP contribution >= 0.6 is 11.8 Å². The number of thioether (sulfide) groups is 1. The molecule has 0 bridgehead atoms. The molecule has 1 amide bonds. The van der Waals surface area contributed by atoms with E-state index in [9.17, 15) is 24.5 Å². The van der Waals surface area contributed by atoms with Crippen molar-refractivity contribution in [3.05, 3.63) is 51.3 Å². The molecule has 13 heteroatoms. The van der Waals surface area contributed by atoms with Crippen LogP contribution in [0, 0.1) is 17.0 Å². The Bertz CT molecular complexity index is 1150. The van der Waals surface area contributed by atoms with Gasteiger partial charge in [0.1, 0.15) is 12.6 Å². The van der Waals surface area contributed by atoms with Gasteiger partial charge in [0.2, 0.25) is 5.91 Å². The normalized spacial score (nSPS) is 23.3. The number of ether oxygens (including phenoxy) is 2. The van der Waals surface area contributed by atoms with E-state index in [1.807, 2.05) is 6.92 Å². The SMILES string of the molecule is CCOC(=O)c1c(C)nnn1C[C@]1(C)S[C@@H]2CC(=O)N2[C@H]1C(=O)OCc1ccc([N+](=O)[O-])cc1. The van der Waals surface area contributed by atoms with Crippen LogP contribution in [0.25, 0.3) is 0 Å². The van der Waals surface area contributed by atoms with Crippen molar-refractivity contribution in [2.24, 2.45) is 0 Å². The van der Waals surface area contributed by atoms with Crippen LogP contribution in [-0.4, -0.2) is 65.4 Å². The first kappa shape index (κ1) is 23.7. The number of rotatable bonds is 8. The molecule has 2 fully saturated rings. The van der Waals surface area contributed by atoms with Gasteiger partial charge < -0.3 is 14.4 Å². The van der Waals surface area contributed by atoms with Crippen LogP contribution in [0.5, 0.6) is 0 Å². The van der Waals surface area contributed by atoms with E-state index in [-0.39, 0.29) is 42.4 Å². The van der Waals surface area contributed by atoms with Crippen LogP contribution in [0.4, 0.5) is 5.69 Å². The highest BCUT2D eigenvalue weighted by Gasteiger charge is 2.61. The van der Waals surface area contributed by atoms with E-state index in [4.69, 9.17) is 9.47 Å². The molecule has 1 aromatic carbocycles. The number of carbonyl (C=O) groups excluding carboxylic acids is 3. The average Bonchev–Trinajstić information content (AvgIpc) is 3.26. The second-order valence-corrected chi connectivity index (χ2v) is 9.94. The van der Waals surface area contributed by atoms with Crippen LogP contribution in [0.3, 0.4) is 0 Å². The van der Waals surface area contributed by atoms with Gasteiger partial charge in [0.25, 0.3) is 5.69 Å². The number of β-lactam (4-membered cyclic amide) rings is 1. The van der Waals surface area contributed by atoms with E-state index in [1.54, 1.807) is 13.8 Å². The molecule has 1 aromatic heterocycles. The molecule has 0 spiro atoms. The predicted molar refractivity (Wildman–Crippen MR) is 119 cm³/mol.